The van der Waals surface area contributed by atoms with Crippen LogP contribution in [-0.4, -0.2) is 76.1 Å². The molecular weight excluding hydrogens is 426 g/mol. The summed E-state index contributed by atoms with van der Waals surface area (Å²) < 4.78 is 8.15. The quantitative estimate of drug-likeness (QED) is 0.605. The summed E-state index contributed by atoms with van der Waals surface area (Å²) in [6.45, 7) is 10.1. The van der Waals surface area contributed by atoms with E-state index in [1.165, 1.54) is 32.5 Å². The van der Waals surface area contributed by atoms with Crippen molar-refractivity contribution in [1.29, 1.82) is 0 Å². The van der Waals surface area contributed by atoms with Gasteiger partial charge in [-0.3, -0.25) is 4.68 Å². The van der Waals surface area contributed by atoms with Crippen molar-refractivity contribution in [1.82, 2.24) is 30.0 Å². The molecule has 8 heteroatoms. The summed E-state index contributed by atoms with van der Waals surface area (Å²) in [6.07, 6.45) is 6.35. The molecule has 3 fully saturated rings. The minimum Gasteiger partial charge on any atom is -0.488 e. The van der Waals surface area contributed by atoms with Gasteiger partial charge in [-0.15, -0.1) is 0 Å². The number of nitrogens with one attached hydrogen (secondary N) is 1. The molecule has 2 saturated heterocycles. The predicted molar refractivity (Wildman–Crippen MR) is 134 cm³/mol. The first-order valence-electron chi connectivity index (χ1n) is 12.7. The van der Waals surface area contributed by atoms with Crippen molar-refractivity contribution in [3.8, 4) is 17.1 Å². The minimum atomic E-state index is -0.00482. The summed E-state index contributed by atoms with van der Waals surface area (Å²) in [5.41, 5.74) is 2.83. The largest absolute Gasteiger partial charge is 0.488 e. The van der Waals surface area contributed by atoms with Crippen LogP contribution in [0.5, 0.6) is 5.75 Å². The van der Waals surface area contributed by atoms with E-state index in [0.717, 1.165) is 78.8 Å². The second kappa shape index (κ2) is 8.82. The molecule has 1 saturated carbocycles. The maximum absolute atomic E-state index is 6.22. The van der Waals surface area contributed by atoms with Gasteiger partial charge in [-0.05, 0) is 56.7 Å². The van der Waals surface area contributed by atoms with Gasteiger partial charge in [-0.1, -0.05) is 0 Å². The molecular formula is C26H35N7O. The van der Waals surface area contributed by atoms with Gasteiger partial charge in [-0.2, -0.15) is 5.10 Å². The van der Waals surface area contributed by atoms with Crippen molar-refractivity contribution in [2.75, 3.05) is 50.7 Å². The minimum absolute atomic E-state index is 0.00482. The van der Waals surface area contributed by atoms with Crippen molar-refractivity contribution < 1.29 is 4.74 Å². The SMILES string of the molecule is Cn1nc(-c2cc(N3CCC(CN4CCNCC4)CC3)ncn2)c2cc(OC3(C)CC3)ccc21. The smallest absolute Gasteiger partial charge is 0.132 e. The number of fused-ring (bicyclic) bond motifs is 1. The molecule has 2 aromatic heterocycles. The van der Waals surface area contributed by atoms with E-state index >= 15 is 0 Å². The van der Waals surface area contributed by atoms with Crippen LogP contribution in [0.3, 0.4) is 0 Å². The molecule has 180 valence electrons. The first-order chi connectivity index (χ1) is 16.6. The maximum Gasteiger partial charge on any atom is 0.132 e. The predicted octanol–water partition coefficient (Wildman–Crippen LogP) is 3.08. The molecule has 0 atom stereocenters. The zero-order chi connectivity index (χ0) is 23.1. The normalized spacial score (nSPS) is 21.2. The van der Waals surface area contributed by atoms with Gasteiger partial charge < -0.3 is 19.9 Å². The van der Waals surface area contributed by atoms with E-state index in [2.05, 4.69) is 50.2 Å². The molecule has 0 unspecified atom stereocenters. The standard InChI is InChI=1S/C26H35N7O/c1-26(7-8-26)34-20-3-4-23-21(15-20)25(30-31(23)2)22-16-24(29-18-28-22)33-11-5-19(6-12-33)17-32-13-9-27-10-14-32/h3-4,15-16,18-19,27H,5-14,17H2,1-2H3. The number of piperidine rings is 1. The number of anilines is 1. The monoisotopic (exact) mass is 461 g/mol. The highest BCUT2D eigenvalue weighted by molar-refractivity contribution is 5.93. The van der Waals surface area contributed by atoms with Crippen LogP contribution in [0.25, 0.3) is 22.3 Å². The van der Waals surface area contributed by atoms with Crippen molar-refractivity contribution in [3.05, 3.63) is 30.6 Å². The Labute approximate surface area is 201 Å². The highest BCUT2D eigenvalue weighted by Crippen LogP contribution is 2.41. The Kier molecular flexibility index (Phi) is 5.65. The maximum atomic E-state index is 6.22. The lowest BCUT2D eigenvalue weighted by Crippen LogP contribution is -2.47. The van der Waals surface area contributed by atoms with E-state index in [1.807, 2.05) is 17.8 Å². The van der Waals surface area contributed by atoms with Gasteiger partial charge in [0.15, 0.2) is 0 Å². The van der Waals surface area contributed by atoms with Crippen molar-refractivity contribution >= 4 is 16.7 Å². The zero-order valence-corrected chi connectivity index (χ0v) is 20.3. The first-order valence-corrected chi connectivity index (χ1v) is 12.7. The molecule has 0 radical (unpaired) electrons. The van der Waals surface area contributed by atoms with Gasteiger partial charge in [0.1, 0.15) is 29.2 Å². The second-order valence-electron chi connectivity index (χ2n) is 10.4. The average Bonchev–Trinajstić information content (AvgIpc) is 3.50. The van der Waals surface area contributed by atoms with Crippen LogP contribution >= 0.6 is 0 Å². The zero-order valence-electron chi connectivity index (χ0n) is 20.3. The number of rotatable bonds is 6. The summed E-state index contributed by atoms with van der Waals surface area (Å²) in [4.78, 5) is 14.3. The van der Waals surface area contributed by atoms with Gasteiger partial charge in [0.2, 0.25) is 0 Å². The number of nitrogens with zero attached hydrogens (tertiary/aromatic N) is 6. The summed E-state index contributed by atoms with van der Waals surface area (Å²) in [7, 11) is 1.99. The Bertz CT molecular complexity index is 1160. The summed E-state index contributed by atoms with van der Waals surface area (Å²) in [6, 6.07) is 8.37. The molecule has 3 aliphatic rings. The molecule has 6 rings (SSSR count). The van der Waals surface area contributed by atoms with Crippen molar-refractivity contribution in [3.63, 3.8) is 0 Å². The number of aromatic nitrogens is 4. The van der Waals surface area contributed by atoms with Gasteiger partial charge >= 0.3 is 0 Å². The van der Waals surface area contributed by atoms with Crippen LogP contribution in [0.2, 0.25) is 0 Å². The van der Waals surface area contributed by atoms with Gasteiger partial charge in [-0.25, -0.2) is 9.97 Å². The Balaban J connectivity index is 1.19. The molecule has 0 amide bonds. The molecule has 34 heavy (non-hydrogen) atoms. The highest BCUT2D eigenvalue weighted by Gasteiger charge is 2.40. The van der Waals surface area contributed by atoms with Crippen LogP contribution in [0.1, 0.15) is 32.6 Å². The highest BCUT2D eigenvalue weighted by atomic mass is 16.5. The summed E-state index contributed by atoms with van der Waals surface area (Å²) >= 11 is 0. The van der Waals surface area contributed by atoms with E-state index in [0.29, 0.717) is 0 Å². The van der Waals surface area contributed by atoms with E-state index < -0.39 is 0 Å². The fourth-order valence-electron chi connectivity index (χ4n) is 5.31. The van der Waals surface area contributed by atoms with Crippen molar-refractivity contribution in [2.45, 2.75) is 38.2 Å². The summed E-state index contributed by atoms with van der Waals surface area (Å²) in [5, 5.41) is 9.34. The third-order valence-electron chi connectivity index (χ3n) is 7.70. The number of hydrogen-bond acceptors (Lipinski definition) is 7. The average molecular weight is 462 g/mol. The van der Waals surface area contributed by atoms with Crippen molar-refractivity contribution in [2.24, 2.45) is 13.0 Å². The molecule has 0 bridgehead atoms. The lowest BCUT2D eigenvalue weighted by molar-refractivity contribution is 0.190. The number of piperazine rings is 1. The number of aryl methyl sites for hydroxylation is 1. The third-order valence-corrected chi connectivity index (χ3v) is 7.70. The fraction of sp³-hybridized carbons (Fsp3) is 0.577. The lowest BCUT2D eigenvalue weighted by Gasteiger charge is -2.36. The molecule has 1 N–H and O–H groups in total. The third kappa shape index (κ3) is 4.49. The van der Waals surface area contributed by atoms with Crippen LogP contribution in [0.15, 0.2) is 30.6 Å². The van der Waals surface area contributed by atoms with E-state index in [-0.39, 0.29) is 5.60 Å². The Hall–Kier alpha value is -2.71. The lowest BCUT2D eigenvalue weighted by atomic mass is 9.96. The Morgan fingerprint density at radius 3 is 2.62 bits per heavy atom. The molecule has 1 aliphatic carbocycles. The van der Waals surface area contributed by atoms with Gasteiger partial charge in [0.25, 0.3) is 0 Å². The number of ether oxygens (including phenoxy) is 1. The summed E-state index contributed by atoms with van der Waals surface area (Å²) in [5.74, 6) is 2.69. The molecule has 3 aromatic rings. The van der Waals surface area contributed by atoms with Crippen LogP contribution in [-0.2, 0) is 7.05 Å². The van der Waals surface area contributed by atoms with Gasteiger partial charge in [0, 0.05) is 64.3 Å². The van der Waals surface area contributed by atoms with Crippen LogP contribution < -0.4 is 15.0 Å². The van der Waals surface area contributed by atoms with E-state index in [4.69, 9.17) is 9.84 Å². The molecule has 1 aromatic carbocycles. The second-order valence-corrected chi connectivity index (χ2v) is 10.4. The molecule has 8 nitrogen and oxygen atoms in total. The Morgan fingerprint density at radius 2 is 1.85 bits per heavy atom. The van der Waals surface area contributed by atoms with E-state index in [1.54, 1.807) is 6.33 Å². The Morgan fingerprint density at radius 1 is 1.06 bits per heavy atom. The van der Waals surface area contributed by atoms with E-state index in [9.17, 15) is 0 Å². The number of benzene rings is 1. The topological polar surface area (TPSA) is 71.3 Å². The fourth-order valence-corrected chi connectivity index (χ4v) is 5.31. The number of hydrogen-bond donors (Lipinski definition) is 1. The molecule has 2 aliphatic heterocycles. The first kappa shape index (κ1) is 21.8. The molecule has 0 spiro atoms. The van der Waals surface area contributed by atoms with Crippen LogP contribution in [0.4, 0.5) is 5.82 Å². The van der Waals surface area contributed by atoms with Crippen LogP contribution in [0, 0.1) is 5.92 Å². The molecule has 4 heterocycles. The van der Waals surface area contributed by atoms with Gasteiger partial charge in [0.05, 0.1) is 11.2 Å².